The first-order valence-corrected chi connectivity index (χ1v) is 6.06. The third-order valence-corrected chi connectivity index (χ3v) is 3.14. The van der Waals surface area contributed by atoms with Crippen LogP contribution in [0.2, 0.25) is 0 Å². The molecule has 0 radical (unpaired) electrons. The minimum atomic E-state index is 0.362. The molecule has 0 heterocycles. The van der Waals surface area contributed by atoms with E-state index < -0.39 is 0 Å². The van der Waals surface area contributed by atoms with E-state index in [-0.39, 0.29) is 0 Å². The lowest BCUT2D eigenvalue weighted by molar-refractivity contribution is 1.12. The van der Waals surface area contributed by atoms with Crippen molar-refractivity contribution >= 4 is 11.4 Å². The third-order valence-electron chi connectivity index (χ3n) is 3.14. The van der Waals surface area contributed by atoms with E-state index >= 15 is 0 Å². The molecule has 0 spiro atoms. The fourth-order valence-corrected chi connectivity index (χ4v) is 2.23. The summed E-state index contributed by atoms with van der Waals surface area (Å²) in [6, 6.07) is 0. The Morgan fingerprint density at radius 3 is 0.900 bits per heavy atom. The molecule has 0 aliphatic rings. The van der Waals surface area contributed by atoms with Gasteiger partial charge in [-0.2, -0.15) is 0 Å². The molecule has 98 valence electrons. The van der Waals surface area contributed by atoms with Gasteiger partial charge in [-0.05, 0) is 22.3 Å². The molecule has 0 saturated heterocycles. The highest BCUT2D eigenvalue weighted by molar-refractivity contribution is 5.73. The molecular weight excluding hydrogens is 244 g/mol. The number of terminal acetylenes is 4. The first-order chi connectivity index (χ1) is 9.62. The van der Waals surface area contributed by atoms with Gasteiger partial charge in [-0.1, -0.05) is 0 Å². The quantitative estimate of drug-likeness (QED) is 0.637. The van der Waals surface area contributed by atoms with Crippen LogP contribution in [0, 0.1) is 49.4 Å². The number of rotatable bonds is 4. The predicted octanol–water partition coefficient (Wildman–Crippen LogP) is 1.55. The summed E-state index contributed by atoms with van der Waals surface area (Å²) in [5, 5.41) is 0. The van der Waals surface area contributed by atoms with Crippen molar-refractivity contribution in [2.45, 2.75) is 25.7 Å². The molecule has 2 nitrogen and oxygen atoms in total. The van der Waals surface area contributed by atoms with E-state index in [0.29, 0.717) is 37.1 Å². The lowest BCUT2D eigenvalue weighted by Gasteiger charge is -2.20. The lowest BCUT2D eigenvalue weighted by Crippen LogP contribution is -2.12. The summed E-state index contributed by atoms with van der Waals surface area (Å²) in [5.74, 6) is 10.3. The van der Waals surface area contributed by atoms with Gasteiger partial charge in [0, 0.05) is 37.1 Å². The van der Waals surface area contributed by atoms with Gasteiger partial charge in [-0.3, -0.25) is 0 Å². The van der Waals surface area contributed by atoms with Gasteiger partial charge < -0.3 is 11.5 Å². The average molecular weight is 260 g/mol. The summed E-state index contributed by atoms with van der Waals surface area (Å²) < 4.78 is 0. The molecule has 4 N–H and O–H groups in total. The van der Waals surface area contributed by atoms with Gasteiger partial charge in [-0.25, -0.2) is 0 Å². The summed E-state index contributed by atoms with van der Waals surface area (Å²) in [6.07, 6.45) is 23.0. The van der Waals surface area contributed by atoms with Gasteiger partial charge in [0.15, 0.2) is 0 Å². The number of hydrogen-bond acceptors (Lipinski definition) is 2. The average Bonchev–Trinajstić information content (AvgIpc) is 2.44. The molecule has 1 aromatic carbocycles. The number of benzene rings is 1. The molecule has 0 aliphatic carbocycles. The van der Waals surface area contributed by atoms with Crippen LogP contribution in [0.15, 0.2) is 0 Å². The molecule has 0 saturated carbocycles. The Balaban J connectivity index is 3.72. The summed E-state index contributed by atoms with van der Waals surface area (Å²) >= 11 is 0. The van der Waals surface area contributed by atoms with Gasteiger partial charge in [0.05, 0.1) is 0 Å². The standard InChI is InChI=1S/C18H16N2/c1-5-9-13-14(10-6-2)18(20)16(12-8-4)15(11-7-3)17(13)19/h1-4H,9-12,19-20H2. The normalized spacial score (nSPS) is 9.00. The maximum absolute atomic E-state index is 6.20. The second kappa shape index (κ2) is 6.85. The molecular formula is C18H16N2. The van der Waals surface area contributed by atoms with E-state index in [0.717, 1.165) is 22.3 Å². The Hall–Kier alpha value is -2.94. The molecule has 0 fully saturated rings. The van der Waals surface area contributed by atoms with Crippen molar-refractivity contribution in [3.63, 3.8) is 0 Å². The number of nitrogens with two attached hydrogens (primary N) is 2. The van der Waals surface area contributed by atoms with Crippen molar-refractivity contribution in [2.75, 3.05) is 11.5 Å². The summed E-state index contributed by atoms with van der Waals surface area (Å²) in [5.41, 5.74) is 16.7. The van der Waals surface area contributed by atoms with Crippen LogP contribution in [0.3, 0.4) is 0 Å². The highest BCUT2D eigenvalue weighted by Gasteiger charge is 2.18. The van der Waals surface area contributed by atoms with Crippen molar-refractivity contribution < 1.29 is 0 Å². The molecule has 0 amide bonds. The smallest absolute Gasteiger partial charge is 0.0406 e. The molecule has 2 heteroatoms. The molecule has 1 aromatic rings. The van der Waals surface area contributed by atoms with Crippen molar-refractivity contribution in [1.29, 1.82) is 0 Å². The molecule has 0 bridgehead atoms. The summed E-state index contributed by atoms with van der Waals surface area (Å²) in [4.78, 5) is 0. The largest absolute Gasteiger partial charge is 0.398 e. The van der Waals surface area contributed by atoms with Gasteiger partial charge in [-0.15, -0.1) is 49.4 Å². The number of nitrogen functional groups attached to an aromatic ring is 2. The Morgan fingerprint density at radius 2 is 0.750 bits per heavy atom. The van der Waals surface area contributed by atoms with Gasteiger partial charge in [0.2, 0.25) is 0 Å². The van der Waals surface area contributed by atoms with Crippen molar-refractivity contribution in [3.8, 4) is 49.4 Å². The van der Waals surface area contributed by atoms with Crippen molar-refractivity contribution in [3.05, 3.63) is 22.3 Å². The van der Waals surface area contributed by atoms with Crippen LogP contribution in [-0.4, -0.2) is 0 Å². The predicted molar refractivity (Wildman–Crippen MR) is 85.4 cm³/mol. The first kappa shape index (κ1) is 15.1. The van der Waals surface area contributed by atoms with E-state index in [9.17, 15) is 0 Å². The van der Waals surface area contributed by atoms with Crippen LogP contribution in [0.25, 0.3) is 0 Å². The third kappa shape index (κ3) is 2.72. The van der Waals surface area contributed by atoms with Crippen LogP contribution in [-0.2, 0) is 25.7 Å². The van der Waals surface area contributed by atoms with Crippen molar-refractivity contribution in [1.82, 2.24) is 0 Å². The highest BCUT2D eigenvalue weighted by Crippen LogP contribution is 2.34. The van der Waals surface area contributed by atoms with Gasteiger partial charge in [0.1, 0.15) is 0 Å². The van der Waals surface area contributed by atoms with Crippen LogP contribution in [0.1, 0.15) is 22.3 Å². The number of anilines is 2. The zero-order valence-electron chi connectivity index (χ0n) is 11.3. The second-order valence-corrected chi connectivity index (χ2v) is 4.27. The summed E-state index contributed by atoms with van der Waals surface area (Å²) in [7, 11) is 0. The molecule has 0 aliphatic heterocycles. The Labute approximate surface area is 120 Å². The Kier molecular flexibility index (Phi) is 5.18. The monoisotopic (exact) mass is 260 g/mol. The van der Waals surface area contributed by atoms with E-state index in [1.54, 1.807) is 0 Å². The molecule has 20 heavy (non-hydrogen) atoms. The number of hydrogen-bond donors (Lipinski definition) is 2. The minimum Gasteiger partial charge on any atom is -0.398 e. The second-order valence-electron chi connectivity index (χ2n) is 4.27. The van der Waals surface area contributed by atoms with E-state index in [1.165, 1.54) is 0 Å². The lowest BCUT2D eigenvalue weighted by atomic mass is 9.88. The van der Waals surface area contributed by atoms with E-state index in [2.05, 4.69) is 23.7 Å². The summed E-state index contributed by atoms with van der Waals surface area (Å²) in [6.45, 7) is 0. The highest BCUT2D eigenvalue weighted by atomic mass is 14.6. The maximum atomic E-state index is 6.20. The van der Waals surface area contributed by atoms with Gasteiger partial charge in [0.25, 0.3) is 0 Å². The van der Waals surface area contributed by atoms with E-state index in [1.807, 2.05) is 0 Å². The topological polar surface area (TPSA) is 52.0 Å². The van der Waals surface area contributed by atoms with Crippen LogP contribution >= 0.6 is 0 Å². The maximum Gasteiger partial charge on any atom is 0.0406 e. The zero-order chi connectivity index (χ0) is 15.1. The zero-order valence-corrected chi connectivity index (χ0v) is 11.3. The van der Waals surface area contributed by atoms with Crippen LogP contribution < -0.4 is 11.5 Å². The van der Waals surface area contributed by atoms with Crippen LogP contribution in [0.5, 0.6) is 0 Å². The van der Waals surface area contributed by atoms with Gasteiger partial charge >= 0.3 is 0 Å². The van der Waals surface area contributed by atoms with Crippen LogP contribution in [0.4, 0.5) is 11.4 Å². The SMILES string of the molecule is C#CCc1c(N)c(CC#C)c(CC#C)c(N)c1CC#C. The Bertz CT molecular complexity index is 565. The minimum absolute atomic E-state index is 0.362. The first-order valence-electron chi connectivity index (χ1n) is 6.06. The fraction of sp³-hybridized carbons (Fsp3) is 0.222. The van der Waals surface area contributed by atoms with E-state index in [4.69, 9.17) is 37.2 Å². The van der Waals surface area contributed by atoms with Crippen molar-refractivity contribution in [2.24, 2.45) is 0 Å². The Morgan fingerprint density at radius 1 is 0.550 bits per heavy atom. The molecule has 0 aromatic heterocycles. The molecule has 0 unspecified atom stereocenters. The molecule has 1 rings (SSSR count). The fourth-order valence-electron chi connectivity index (χ4n) is 2.23. The molecule has 0 atom stereocenters.